The summed E-state index contributed by atoms with van der Waals surface area (Å²) >= 11 is 0. The van der Waals surface area contributed by atoms with Crippen LogP contribution in [0.1, 0.15) is 29.8 Å². The van der Waals surface area contributed by atoms with Crippen molar-refractivity contribution in [2.75, 3.05) is 33.3 Å². The molecule has 0 bridgehead atoms. The highest BCUT2D eigenvalue weighted by atomic mass is 19.1. The van der Waals surface area contributed by atoms with E-state index < -0.39 is 0 Å². The van der Waals surface area contributed by atoms with E-state index >= 15 is 0 Å². The van der Waals surface area contributed by atoms with E-state index in [1.54, 1.807) is 6.07 Å². The van der Waals surface area contributed by atoms with Crippen LogP contribution >= 0.6 is 0 Å². The molecule has 1 heterocycles. The van der Waals surface area contributed by atoms with Crippen molar-refractivity contribution in [3.63, 3.8) is 0 Å². The van der Waals surface area contributed by atoms with Gasteiger partial charge in [-0.25, -0.2) is 4.39 Å². The Bertz CT molecular complexity index is 800. The summed E-state index contributed by atoms with van der Waals surface area (Å²) < 4.78 is 24.4. The maximum absolute atomic E-state index is 13.9. The second-order valence-electron chi connectivity index (χ2n) is 7.23. The average molecular weight is 386 g/mol. The summed E-state index contributed by atoms with van der Waals surface area (Å²) in [6, 6.07) is 12.3. The number of hydrogen-bond acceptors (Lipinski definition) is 4. The molecule has 1 amide bonds. The van der Waals surface area contributed by atoms with E-state index in [9.17, 15) is 9.18 Å². The quantitative estimate of drug-likeness (QED) is 0.761. The second kappa shape index (κ2) is 9.06. The summed E-state index contributed by atoms with van der Waals surface area (Å²) in [4.78, 5) is 16.8. The van der Waals surface area contributed by atoms with Gasteiger partial charge in [-0.15, -0.1) is 0 Å². The molecular weight excluding hydrogens is 359 g/mol. The Morgan fingerprint density at radius 1 is 1.07 bits per heavy atom. The third-order valence-corrected chi connectivity index (χ3v) is 4.75. The molecule has 150 valence electrons. The molecule has 28 heavy (non-hydrogen) atoms. The van der Waals surface area contributed by atoms with Crippen LogP contribution in [0.5, 0.6) is 11.5 Å². The van der Waals surface area contributed by atoms with E-state index in [1.165, 1.54) is 13.2 Å². The van der Waals surface area contributed by atoms with Crippen molar-refractivity contribution in [1.29, 1.82) is 0 Å². The highest BCUT2D eigenvalue weighted by Crippen LogP contribution is 2.20. The van der Waals surface area contributed by atoms with E-state index in [4.69, 9.17) is 9.47 Å². The van der Waals surface area contributed by atoms with Gasteiger partial charge in [0.25, 0.3) is 5.91 Å². The largest absolute Gasteiger partial charge is 0.494 e. The summed E-state index contributed by atoms with van der Waals surface area (Å²) in [6.45, 7) is 7.42. The van der Waals surface area contributed by atoms with E-state index in [0.717, 1.165) is 24.4 Å². The van der Waals surface area contributed by atoms with Crippen LogP contribution in [0.3, 0.4) is 0 Å². The first kappa shape index (κ1) is 20.1. The van der Waals surface area contributed by atoms with Crippen LogP contribution in [0.4, 0.5) is 4.39 Å². The number of hydrogen-bond donors (Lipinski definition) is 0. The number of piperazine rings is 1. The number of nitrogens with zero attached hydrogens (tertiary/aromatic N) is 2. The van der Waals surface area contributed by atoms with Gasteiger partial charge in [-0.05, 0) is 55.8 Å². The van der Waals surface area contributed by atoms with Gasteiger partial charge < -0.3 is 14.4 Å². The summed E-state index contributed by atoms with van der Waals surface area (Å²) in [7, 11) is 1.46. The molecule has 0 unspecified atom stereocenters. The van der Waals surface area contributed by atoms with Gasteiger partial charge in [0.05, 0.1) is 13.2 Å². The fraction of sp³-hybridized carbons (Fsp3) is 0.409. The number of carbonyl (C=O) groups excluding carboxylic acids is 1. The monoisotopic (exact) mass is 386 g/mol. The van der Waals surface area contributed by atoms with Gasteiger partial charge in [0.2, 0.25) is 0 Å². The third kappa shape index (κ3) is 5.01. The molecule has 0 radical (unpaired) electrons. The number of amides is 1. The second-order valence-corrected chi connectivity index (χ2v) is 7.23. The highest BCUT2D eigenvalue weighted by Gasteiger charge is 2.22. The number of ether oxygens (including phenoxy) is 2. The lowest BCUT2D eigenvalue weighted by atomic mass is 10.1. The molecule has 1 aliphatic rings. The van der Waals surface area contributed by atoms with Crippen LogP contribution in [0, 0.1) is 5.82 Å². The SMILES string of the molecule is COc1ccc(CN2CCN(C(=O)c3ccc(OC(C)C)cc3)CC2)cc1F. The summed E-state index contributed by atoms with van der Waals surface area (Å²) in [5.74, 6) is 0.706. The summed E-state index contributed by atoms with van der Waals surface area (Å²) in [6.07, 6.45) is 0.105. The Morgan fingerprint density at radius 2 is 1.75 bits per heavy atom. The van der Waals surface area contributed by atoms with Gasteiger partial charge in [-0.3, -0.25) is 9.69 Å². The topological polar surface area (TPSA) is 42.0 Å². The van der Waals surface area contributed by atoms with Crippen LogP contribution in [-0.4, -0.2) is 55.1 Å². The van der Waals surface area contributed by atoms with Crippen molar-refractivity contribution in [3.05, 3.63) is 59.4 Å². The molecule has 5 nitrogen and oxygen atoms in total. The predicted molar refractivity (Wildman–Crippen MR) is 106 cm³/mol. The molecule has 3 rings (SSSR count). The average Bonchev–Trinajstić information content (AvgIpc) is 2.68. The first-order valence-corrected chi connectivity index (χ1v) is 9.57. The molecule has 1 fully saturated rings. The molecule has 0 aromatic heterocycles. The normalized spacial score (nSPS) is 15.0. The van der Waals surface area contributed by atoms with Crippen molar-refractivity contribution < 1.29 is 18.7 Å². The van der Waals surface area contributed by atoms with E-state index in [1.807, 2.05) is 49.1 Å². The first-order chi connectivity index (χ1) is 13.5. The lowest BCUT2D eigenvalue weighted by Crippen LogP contribution is -2.48. The molecule has 1 saturated heterocycles. The van der Waals surface area contributed by atoms with E-state index in [0.29, 0.717) is 25.2 Å². The van der Waals surface area contributed by atoms with Crippen LogP contribution in [0.2, 0.25) is 0 Å². The fourth-order valence-corrected chi connectivity index (χ4v) is 3.31. The minimum absolute atomic E-state index is 0.0336. The fourth-order valence-electron chi connectivity index (χ4n) is 3.31. The molecule has 1 aliphatic heterocycles. The molecule has 0 saturated carbocycles. The van der Waals surface area contributed by atoms with Gasteiger partial charge in [0, 0.05) is 38.3 Å². The number of benzene rings is 2. The lowest BCUT2D eigenvalue weighted by molar-refractivity contribution is 0.0628. The number of carbonyl (C=O) groups is 1. The van der Waals surface area contributed by atoms with Gasteiger partial charge in [0.1, 0.15) is 5.75 Å². The Balaban J connectivity index is 1.53. The van der Waals surface area contributed by atoms with Crippen molar-refractivity contribution in [2.45, 2.75) is 26.5 Å². The van der Waals surface area contributed by atoms with Gasteiger partial charge >= 0.3 is 0 Å². The van der Waals surface area contributed by atoms with Crippen LogP contribution in [0.15, 0.2) is 42.5 Å². The Labute approximate surface area is 165 Å². The zero-order valence-corrected chi connectivity index (χ0v) is 16.7. The van der Waals surface area contributed by atoms with Crippen molar-refractivity contribution in [3.8, 4) is 11.5 Å². The molecule has 6 heteroatoms. The van der Waals surface area contributed by atoms with Crippen LogP contribution in [-0.2, 0) is 6.54 Å². The number of halogens is 1. The Kier molecular flexibility index (Phi) is 6.52. The van der Waals surface area contributed by atoms with Gasteiger partial charge in [-0.1, -0.05) is 6.07 Å². The maximum Gasteiger partial charge on any atom is 0.253 e. The minimum atomic E-state index is -0.348. The molecule has 0 N–H and O–H groups in total. The summed E-state index contributed by atoms with van der Waals surface area (Å²) in [5.41, 5.74) is 1.57. The molecule has 0 atom stereocenters. The van der Waals surface area contributed by atoms with Crippen LogP contribution < -0.4 is 9.47 Å². The van der Waals surface area contributed by atoms with Crippen molar-refractivity contribution >= 4 is 5.91 Å². The van der Waals surface area contributed by atoms with Gasteiger partial charge in [-0.2, -0.15) is 0 Å². The molecule has 0 spiro atoms. The lowest BCUT2D eigenvalue weighted by Gasteiger charge is -2.34. The zero-order valence-electron chi connectivity index (χ0n) is 16.7. The highest BCUT2D eigenvalue weighted by molar-refractivity contribution is 5.94. The van der Waals surface area contributed by atoms with E-state index in [-0.39, 0.29) is 23.6 Å². The zero-order chi connectivity index (χ0) is 20.1. The summed E-state index contributed by atoms with van der Waals surface area (Å²) in [5, 5.41) is 0. The van der Waals surface area contributed by atoms with Crippen LogP contribution in [0.25, 0.3) is 0 Å². The van der Waals surface area contributed by atoms with E-state index in [2.05, 4.69) is 4.90 Å². The Morgan fingerprint density at radius 3 is 2.32 bits per heavy atom. The third-order valence-electron chi connectivity index (χ3n) is 4.75. The van der Waals surface area contributed by atoms with Crippen molar-refractivity contribution in [1.82, 2.24) is 9.80 Å². The molecular formula is C22H27FN2O3. The van der Waals surface area contributed by atoms with Gasteiger partial charge in [0.15, 0.2) is 11.6 Å². The molecule has 0 aliphatic carbocycles. The van der Waals surface area contributed by atoms with Crippen molar-refractivity contribution in [2.24, 2.45) is 0 Å². The Hall–Kier alpha value is -2.60. The first-order valence-electron chi connectivity index (χ1n) is 9.57. The minimum Gasteiger partial charge on any atom is -0.494 e. The number of rotatable bonds is 6. The number of methoxy groups -OCH3 is 1. The standard InChI is InChI=1S/C22H27FN2O3/c1-16(2)28-19-7-5-18(6-8-19)22(26)25-12-10-24(11-13-25)15-17-4-9-21(27-3)20(23)14-17/h4-9,14,16H,10-13,15H2,1-3H3. The molecule has 2 aromatic rings. The smallest absolute Gasteiger partial charge is 0.253 e. The molecule has 2 aromatic carbocycles. The predicted octanol–water partition coefficient (Wildman–Crippen LogP) is 3.58. The maximum atomic E-state index is 13.9.